The summed E-state index contributed by atoms with van der Waals surface area (Å²) in [6.45, 7) is 4.81. The Morgan fingerprint density at radius 1 is 1.37 bits per heavy atom. The number of carbonyl (C=O) groups excluding carboxylic acids is 1. The van der Waals surface area contributed by atoms with Gasteiger partial charge in [0.25, 0.3) is 5.91 Å². The number of amides is 1. The molecule has 0 saturated heterocycles. The predicted molar refractivity (Wildman–Crippen MR) is 77.6 cm³/mol. The molecule has 4 heteroatoms. The zero-order chi connectivity index (χ0) is 13.8. The minimum atomic E-state index is 0.0911. The summed E-state index contributed by atoms with van der Waals surface area (Å²) in [4.78, 5) is 18.8. The van der Waals surface area contributed by atoms with Crippen molar-refractivity contribution in [3.8, 4) is 0 Å². The van der Waals surface area contributed by atoms with Crippen molar-refractivity contribution in [2.75, 3.05) is 6.54 Å². The highest BCUT2D eigenvalue weighted by Crippen LogP contribution is 2.25. The summed E-state index contributed by atoms with van der Waals surface area (Å²) in [6, 6.07) is 3.95. The van der Waals surface area contributed by atoms with Gasteiger partial charge < -0.3 is 4.90 Å². The summed E-state index contributed by atoms with van der Waals surface area (Å²) in [7, 11) is 0. The molecule has 1 heterocycles. The maximum Gasteiger partial charge on any atom is 0.254 e. The Bertz CT molecular complexity index is 455. The van der Waals surface area contributed by atoms with E-state index < -0.39 is 0 Å². The third kappa shape index (κ3) is 3.27. The van der Waals surface area contributed by atoms with E-state index in [2.05, 4.69) is 4.98 Å². The molecule has 3 nitrogen and oxygen atoms in total. The summed E-state index contributed by atoms with van der Waals surface area (Å²) >= 11 is 6.00. The van der Waals surface area contributed by atoms with Gasteiger partial charge in [-0.2, -0.15) is 0 Å². The van der Waals surface area contributed by atoms with E-state index in [9.17, 15) is 4.79 Å². The second-order valence-electron chi connectivity index (χ2n) is 5.05. The van der Waals surface area contributed by atoms with Gasteiger partial charge in [-0.25, -0.2) is 4.98 Å². The Kier molecular flexibility index (Phi) is 4.81. The fourth-order valence-corrected chi connectivity index (χ4v) is 3.03. The van der Waals surface area contributed by atoms with Gasteiger partial charge in [0.15, 0.2) is 0 Å². The van der Waals surface area contributed by atoms with Gasteiger partial charge in [-0.15, -0.1) is 0 Å². The molecule has 0 aromatic carbocycles. The van der Waals surface area contributed by atoms with Crippen LogP contribution in [0.25, 0.3) is 0 Å². The number of halogens is 1. The topological polar surface area (TPSA) is 33.2 Å². The van der Waals surface area contributed by atoms with E-state index in [1.54, 1.807) is 6.07 Å². The Hall–Kier alpha value is -1.09. The van der Waals surface area contributed by atoms with Crippen molar-refractivity contribution >= 4 is 17.5 Å². The largest absolute Gasteiger partial charge is 0.336 e. The molecule has 1 aromatic rings. The van der Waals surface area contributed by atoms with E-state index >= 15 is 0 Å². The first-order valence-corrected chi connectivity index (χ1v) is 7.51. The molecule has 19 heavy (non-hydrogen) atoms. The lowest BCUT2D eigenvalue weighted by Gasteiger charge is -2.27. The summed E-state index contributed by atoms with van der Waals surface area (Å²) < 4.78 is 0. The van der Waals surface area contributed by atoms with E-state index in [0.29, 0.717) is 16.8 Å². The molecule has 0 spiro atoms. The van der Waals surface area contributed by atoms with Crippen molar-refractivity contribution in [3.63, 3.8) is 0 Å². The fourth-order valence-electron chi connectivity index (χ4n) is 2.81. The lowest BCUT2D eigenvalue weighted by Crippen LogP contribution is -2.38. The molecule has 1 aliphatic rings. The predicted octanol–water partition coefficient (Wildman–Crippen LogP) is 3.70. The van der Waals surface area contributed by atoms with Crippen molar-refractivity contribution < 1.29 is 4.79 Å². The molecule has 0 unspecified atom stereocenters. The number of aromatic nitrogens is 1. The standard InChI is InChI=1S/C15H21ClN2O/c1-3-12-9-11(10-14(16)17-12)15(19)18(4-2)13-7-5-6-8-13/h9-10,13H,3-8H2,1-2H3. The summed E-state index contributed by atoms with van der Waals surface area (Å²) in [6.07, 6.45) is 5.49. The van der Waals surface area contributed by atoms with E-state index in [4.69, 9.17) is 11.6 Å². The van der Waals surface area contributed by atoms with E-state index in [0.717, 1.165) is 31.5 Å². The van der Waals surface area contributed by atoms with Gasteiger partial charge in [0.1, 0.15) is 5.15 Å². The first kappa shape index (κ1) is 14.3. The van der Waals surface area contributed by atoms with Crippen LogP contribution in [0.5, 0.6) is 0 Å². The van der Waals surface area contributed by atoms with Crippen LogP contribution in [0, 0.1) is 0 Å². The van der Waals surface area contributed by atoms with Crippen molar-refractivity contribution in [1.82, 2.24) is 9.88 Å². The van der Waals surface area contributed by atoms with Crippen LogP contribution in [0.2, 0.25) is 5.15 Å². The molecule has 104 valence electrons. The van der Waals surface area contributed by atoms with Crippen LogP contribution in [0.4, 0.5) is 0 Å². The van der Waals surface area contributed by atoms with Crippen molar-refractivity contribution in [3.05, 3.63) is 28.5 Å². The fraction of sp³-hybridized carbons (Fsp3) is 0.600. The molecule has 0 N–H and O–H groups in total. The highest BCUT2D eigenvalue weighted by atomic mass is 35.5. The van der Waals surface area contributed by atoms with Crippen LogP contribution in [-0.4, -0.2) is 28.4 Å². The van der Waals surface area contributed by atoms with Crippen LogP contribution >= 0.6 is 11.6 Å². The maximum atomic E-state index is 12.6. The highest BCUT2D eigenvalue weighted by molar-refractivity contribution is 6.29. The SMILES string of the molecule is CCc1cc(C(=O)N(CC)C2CCCC2)cc(Cl)n1. The molecule has 0 aliphatic heterocycles. The normalized spacial score (nSPS) is 15.7. The van der Waals surface area contributed by atoms with Crippen molar-refractivity contribution in [1.29, 1.82) is 0 Å². The molecule has 0 bridgehead atoms. The van der Waals surface area contributed by atoms with Gasteiger partial charge in [0, 0.05) is 23.8 Å². The summed E-state index contributed by atoms with van der Waals surface area (Å²) in [5.41, 5.74) is 1.55. The molecule has 0 radical (unpaired) electrons. The van der Waals surface area contributed by atoms with Crippen LogP contribution in [0.3, 0.4) is 0 Å². The third-order valence-electron chi connectivity index (χ3n) is 3.82. The average molecular weight is 281 g/mol. The minimum Gasteiger partial charge on any atom is -0.336 e. The lowest BCUT2D eigenvalue weighted by molar-refractivity contribution is 0.0693. The zero-order valence-corrected chi connectivity index (χ0v) is 12.4. The summed E-state index contributed by atoms with van der Waals surface area (Å²) in [5.74, 6) is 0.0911. The highest BCUT2D eigenvalue weighted by Gasteiger charge is 2.26. The van der Waals surface area contributed by atoms with Crippen LogP contribution in [0.1, 0.15) is 55.6 Å². The van der Waals surface area contributed by atoms with Gasteiger partial charge in [0.2, 0.25) is 0 Å². The number of nitrogens with zero attached hydrogens (tertiary/aromatic N) is 2. The summed E-state index contributed by atoms with van der Waals surface area (Å²) in [5, 5.41) is 0.408. The first-order chi connectivity index (χ1) is 9.15. The van der Waals surface area contributed by atoms with E-state index in [-0.39, 0.29) is 5.91 Å². The van der Waals surface area contributed by atoms with Crippen molar-refractivity contribution in [2.24, 2.45) is 0 Å². The van der Waals surface area contributed by atoms with Gasteiger partial charge >= 0.3 is 0 Å². The number of pyridine rings is 1. The molecule has 1 aliphatic carbocycles. The van der Waals surface area contributed by atoms with Crippen LogP contribution in [0.15, 0.2) is 12.1 Å². The molecule has 0 atom stereocenters. The van der Waals surface area contributed by atoms with E-state index in [1.807, 2.05) is 24.8 Å². The van der Waals surface area contributed by atoms with Crippen LogP contribution < -0.4 is 0 Å². The number of hydrogen-bond acceptors (Lipinski definition) is 2. The molecule has 1 aromatic heterocycles. The average Bonchev–Trinajstić information content (AvgIpc) is 2.92. The quantitative estimate of drug-likeness (QED) is 0.788. The van der Waals surface area contributed by atoms with E-state index in [1.165, 1.54) is 12.8 Å². The number of rotatable bonds is 4. The molecular formula is C15H21ClN2O. The second kappa shape index (κ2) is 6.38. The Morgan fingerprint density at radius 2 is 2.05 bits per heavy atom. The first-order valence-electron chi connectivity index (χ1n) is 7.13. The zero-order valence-electron chi connectivity index (χ0n) is 11.7. The second-order valence-corrected chi connectivity index (χ2v) is 5.44. The minimum absolute atomic E-state index is 0.0911. The third-order valence-corrected chi connectivity index (χ3v) is 4.02. The smallest absolute Gasteiger partial charge is 0.254 e. The van der Waals surface area contributed by atoms with Crippen molar-refractivity contribution in [2.45, 2.75) is 52.0 Å². The van der Waals surface area contributed by atoms with Gasteiger partial charge in [-0.1, -0.05) is 31.4 Å². The monoisotopic (exact) mass is 280 g/mol. The Morgan fingerprint density at radius 3 is 2.63 bits per heavy atom. The molecule has 1 saturated carbocycles. The molecule has 1 amide bonds. The number of carbonyl (C=O) groups is 1. The molecular weight excluding hydrogens is 260 g/mol. The van der Waals surface area contributed by atoms with Crippen LogP contribution in [-0.2, 0) is 6.42 Å². The Labute approximate surface area is 120 Å². The molecule has 1 fully saturated rings. The maximum absolute atomic E-state index is 12.6. The number of aryl methyl sites for hydroxylation is 1. The van der Waals surface area contributed by atoms with Gasteiger partial charge in [-0.05, 0) is 38.3 Å². The molecule has 2 rings (SSSR count). The Balaban J connectivity index is 2.23. The van der Waals surface area contributed by atoms with Gasteiger partial charge in [0.05, 0.1) is 0 Å². The van der Waals surface area contributed by atoms with Gasteiger partial charge in [-0.3, -0.25) is 4.79 Å². The lowest BCUT2D eigenvalue weighted by atomic mass is 10.1. The number of hydrogen-bond donors (Lipinski definition) is 0.